The summed E-state index contributed by atoms with van der Waals surface area (Å²) in [6, 6.07) is 0.950. The Morgan fingerprint density at radius 2 is 1.79 bits per heavy atom. The van der Waals surface area contributed by atoms with E-state index >= 15 is 0 Å². The van der Waals surface area contributed by atoms with Gasteiger partial charge in [-0.05, 0) is 0 Å². The summed E-state index contributed by atoms with van der Waals surface area (Å²) in [4.78, 5) is 2.20. The van der Waals surface area contributed by atoms with E-state index in [0.29, 0.717) is 0 Å². The molecule has 0 aliphatic rings. The monoisotopic (exact) mass is 217 g/mol. The molecule has 0 bridgehead atoms. The molecule has 0 heterocycles. The average Bonchev–Trinajstić information content (AvgIpc) is 2.24. The van der Waals surface area contributed by atoms with Crippen LogP contribution in [0.3, 0.4) is 0 Å². The molecule has 14 heavy (non-hydrogen) atoms. The highest BCUT2D eigenvalue weighted by Gasteiger charge is 2.34. The molecule has 0 atom stereocenters. The number of ether oxygens (including phenoxy) is 2. The van der Waals surface area contributed by atoms with Crippen LogP contribution in [0.4, 0.5) is 0 Å². The predicted molar refractivity (Wildman–Crippen MR) is 63.2 cm³/mol. The van der Waals surface area contributed by atoms with E-state index in [0.717, 1.165) is 19.1 Å². The van der Waals surface area contributed by atoms with Crippen LogP contribution in [0.5, 0.6) is 0 Å². The quantitative estimate of drug-likeness (QED) is 0.447. The van der Waals surface area contributed by atoms with E-state index in [1.54, 1.807) is 14.2 Å². The Labute approximate surface area is 89.9 Å². The van der Waals surface area contributed by atoms with E-state index < -0.39 is 5.91 Å². The van der Waals surface area contributed by atoms with Gasteiger partial charge in [-0.3, -0.25) is 4.90 Å². The maximum Gasteiger partial charge on any atom is 0.226 e. The summed E-state index contributed by atoms with van der Waals surface area (Å²) in [6.07, 6.45) is 0. The Hall–Kier alpha value is -0.163. The second-order valence-corrected chi connectivity index (χ2v) is 4.78. The summed E-state index contributed by atoms with van der Waals surface area (Å²) in [6.45, 7) is 9.88. The highest BCUT2D eigenvalue weighted by molar-refractivity contribution is 6.42. The van der Waals surface area contributed by atoms with Crippen molar-refractivity contribution in [3.63, 3.8) is 0 Å². The molecular weight excluding hydrogens is 194 g/mol. The molecule has 0 aromatic heterocycles. The summed E-state index contributed by atoms with van der Waals surface area (Å²) in [5.41, 5.74) is 2.02. The molecule has 0 saturated heterocycles. The van der Waals surface area contributed by atoms with Crippen LogP contribution >= 0.6 is 0 Å². The highest BCUT2D eigenvalue weighted by Crippen LogP contribution is 2.21. The van der Waals surface area contributed by atoms with E-state index in [-0.39, 0.29) is 9.52 Å². The van der Waals surface area contributed by atoms with E-state index in [1.807, 2.05) is 5.70 Å². The fourth-order valence-electron chi connectivity index (χ4n) is 1.69. The van der Waals surface area contributed by atoms with Crippen LogP contribution in [-0.4, -0.2) is 47.6 Å². The van der Waals surface area contributed by atoms with Gasteiger partial charge in [-0.1, -0.05) is 13.8 Å². The largest absolute Gasteiger partial charge is 0.341 e. The number of nitrogens with zero attached hydrogens (tertiary/aromatic N) is 1. The van der Waals surface area contributed by atoms with Crippen LogP contribution in [-0.2, 0) is 9.47 Å². The molecule has 0 spiro atoms. The summed E-state index contributed by atoms with van der Waals surface area (Å²) >= 11 is 0. The molecule has 0 aromatic carbocycles. The SMILES string of the molecule is C=C[SiH2]CC(OC)(OC)N(CC)CC. The minimum atomic E-state index is -0.524. The van der Waals surface area contributed by atoms with E-state index in [2.05, 4.69) is 25.3 Å². The van der Waals surface area contributed by atoms with Crippen LogP contribution in [0.2, 0.25) is 6.04 Å². The Kier molecular flexibility index (Phi) is 7.09. The molecule has 4 heteroatoms. The Morgan fingerprint density at radius 3 is 2.07 bits per heavy atom. The van der Waals surface area contributed by atoms with Crippen molar-refractivity contribution >= 4 is 9.52 Å². The lowest BCUT2D eigenvalue weighted by Crippen LogP contribution is -2.52. The molecule has 84 valence electrons. The van der Waals surface area contributed by atoms with Crippen LogP contribution in [0.15, 0.2) is 12.3 Å². The van der Waals surface area contributed by atoms with Crippen LogP contribution < -0.4 is 0 Å². The van der Waals surface area contributed by atoms with Crippen LogP contribution in [0.25, 0.3) is 0 Å². The molecule has 0 aliphatic heterocycles. The standard InChI is InChI=1S/C10H23NO2Si/c1-6-11(7-2)10(12-4,13-5)9-14-8-3/h8H,3,6-7,9,14H2,1-2,4-5H3. The highest BCUT2D eigenvalue weighted by atomic mass is 28.2. The van der Waals surface area contributed by atoms with Gasteiger partial charge in [-0.15, -0.1) is 12.3 Å². The van der Waals surface area contributed by atoms with Gasteiger partial charge in [0.05, 0.1) is 9.52 Å². The normalized spacial score (nSPS) is 12.9. The Bertz CT molecular complexity index is 156. The number of hydrogen-bond donors (Lipinski definition) is 0. The van der Waals surface area contributed by atoms with E-state index in [4.69, 9.17) is 9.47 Å². The zero-order valence-electron chi connectivity index (χ0n) is 9.88. The number of methoxy groups -OCH3 is 2. The van der Waals surface area contributed by atoms with Gasteiger partial charge in [-0.2, -0.15) is 0 Å². The minimum absolute atomic E-state index is 0.294. The predicted octanol–water partition coefficient (Wildman–Crippen LogP) is 1.01. The van der Waals surface area contributed by atoms with Gasteiger partial charge in [0.25, 0.3) is 0 Å². The lowest BCUT2D eigenvalue weighted by Gasteiger charge is -2.40. The molecule has 0 fully saturated rings. The van der Waals surface area contributed by atoms with E-state index in [1.165, 1.54) is 0 Å². The summed E-state index contributed by atoms with van der Waals surface area (Å²) in [7, 11) is 3.12. The Balaban J connectivity index is 4.55. The van der Waals surface area contributed by atoms with Crippen molar-refractivity contribution < 1.29 is 9.47 Å². The third-order valence-electron chi connectivity index (χ3n) is 2.55. The zero-order valence-corrected chi connectivity index (χ0v) is 11.3. The second-order valence-electron chi connectivity index (χ2n) is 3.12. The number of rotatable bonds is 8. The van der Waals surface area contributed by atoms with Gasteiger partial charge < -0.3 is 9.47 Å². The fourth-order valence-corrected chi connectivity index (χ4v) is 2.99. The molecule has 0 rings (SSSR count). The van der Waals surface area contributed by atoms with Crippen LogP contribution in [0.1, 0.15) is 13.8 Å². The first kappa shape index (κ1) is 13.8. The maximum absolute atomic E-state index is 5.52. The first-order valence-corrected chi connectivity index (χ1v) is 6.98. The third-order valence-corrected chi connectivity index (χ3v) is 3.88. The van der Waals surface area contributed by atoms with Crippen molar-refractivity contribution in [3.8, 4) is 0 Å². The molecule has 0 amide bonds. The van der Waals surface area contributed by atoms with Crippen LogP contribution in [0, 0.1) is 0 Å². The van der Waals surface area contributed by atoms with Gasteiger partial charge in [0.1, 0.15) is 0 Å². The van der Waals surface area contributed by atoms with Gasteiger partial charge in [0.15, 0.2) is 0 Å². The van der Waals surface area contributed by atoms with Crippen molar-refractivity contribution in [2.24, 2.45) is 0 Å². The molecule has 0 aliphatic carbocycles. The first-order chi connectivity index (χ1) is 6.70. The van der Waals surface area contributed by atoms with Gasteiger partial charge in [-0.25, -0.2) is 0 Å². The van der Waals surface area contributed by atoms with Crippen molar-refractivity contribution in [3.05, 3.63) is 12.3 Å². The van der Waals surface area contributed by atoms with Gasteiger partial charge in [0, 0.05) is 33.4 Å². The van der Waals surface area contributed by atoms with E-state index in [9.17, 15) is 0 Å². The molecule has 0 N–H and O–H groups in total. The smallest absolute Gasteiger partial charge is 0.226 e. The molecular formula is C10H23NO2Si. The molecule has 3 nitrogen and oxygen atoms in total. The minimum Gasteiger partial charge on any atom is -0.341 e. The Morgan fingerprint density at radius 1 is 1.29 bits per heavy atom. The van der Waals surface area contributed by atoms with Crippen molar-refractivity contribution in [1.82, 2.24) is 4.90 Å². The molecule has 0 aromatic rings. The lowest BCUT2D eigenvalue weighted by atomic mass is 10.4. The maximum atomic E-state index is 5.52. The van der Waals surface area contributed by atoms with Crippen molar-refractivity contribution in [2.75, 3.05) is 27.3 Å². The molecule has 0 unspecified atom stereocenters. The van der Waals surface area contributed by atoms with Crippen molar-refractivity contribution in [1.29, 1.82) is 0 Å². The zero-order chi connectivity index (χ0) is 11.0. The third kappa shape index (κ3) is 3.20. The van der Waals surface area contributed by atoms with Crippen molar-refractivity contribution in [2.45, 2.75) is 25.8 Å². The number of hydrogen-bond acceptors (Lipinski definition) is 3. The second kappa shape index (κ2) is 7.17. The van der Waals surface area contributed by atoms with Gasteiger partial charge >= 0.3 is 0 Å². The topological polar surface area (TPSA) is 21.7 Å². The summed E-state index contributed by atoms with van der Waals surface area (Å²) in [5, 5.41) is 0. The summed E-state index contributed by atoms with van der Waals surface area (Å²) < 4.78 is 11.0. The lowest BCUT2D eigenvalue weighted by molar-refractivity contribution is -0.281. The molecule has 0 saturated carbocycles. The fraction of sp³-hybridized carbons (Fsp3) is 0.800. The first-order valence-electron chi connectivity index (χ1n) is 5.17. The average molecular weight is 217 g/mol. The van der Waals surface area contributed by atoms with Gasteiger partial charge in [0.2, 0.25) is 5.91 Å². The summed E-state index contributed by atoms with van der Waals surface area (Å²) in [5.74, 6) is -0.524. The molecule has 0 radical (unpaired) electrons.